The van der Waals surface area contributed by atoms with Gasteiger partial charge in [0.15, 0.2) is 0 Å². The van der Waals surface area contributed by atoms with E-state index in [1.807, 2.05) is 0 Å². The Hall–Kier alpha value is -1.43. The highest BCUT2D eigenvalue weighted by atomic mass is 19.4. The molecule has 0 aromatic heterocycles. The molecule has 0 bridgehead atoms. The molecule has 2 fully saturated rings. The lowest BCUT2D eigenvalue weighted by Crippen LogP contribution is -2.48. The maximum Gasteiger partial charge on any atom is 0.416 e. The van der Waals surface area contributed by atoms with Crippen LogP contribution in [0.1, 0.15) is 24.8 Å². The van der Waals surface area contributed by atoms with Crippen molar-refractivity contribution >= 4 is 11.4 Å². The van der Waals surface area contributed by atoms with Crippen LogP contribution in [0.4, 0.5) is 24.5 Å². The number of anilines is 2. The number of halogens is 3. The molecule has 0 amide bonds. The minimum absolute atomic E-state index is 0.186. The fourth-order valence-corrected chi connectivity index (χ4v) is 3.22. The summed E-state index contributed by atoms with van der Waals surface area (Å²) < 4.78 is 43.7. The van der Waals surface area contributed by atoms with E-state index < -0.39 is 11.7 Å². The number of morpholine rings is 1. The maximum absolute atomic E-state index is 12.7. The summed E-state index contributed by atoms with van der Waals surface area (Å²) in [6.45, 7) is 1.28. The molecule has 2 unspecified atom stereocenters. The number of alkyl halides is 3. The number of benzene rings is 1. The van der Waals surface area contributed by atoms with Crippen LogP contribution in [0.3, 0.4) is 0 Å². The lowest BCUT2D eigenvalue weighted by atomic mass is 10.1. The zero-order valence-electron chi connectivity index (χ0n) is 11.0. The molecule has 1 saturated heterocycles. The lowest BCUT2D eigenvalue weighted by Gasteiger charge is -2.40. The van der Waals surface area contributed by atoms with Gasteiger partial charge in [-0.2, -0.15) is 13.2 Å². The standard InChI is InChI=1S/C14H17F3N2O/c15-14(16,17)9-4-5-11(10(18)8-9)19-6-7-20-13-3-1-2-12(13)19/h4-5,8,12-13H,1-3,6-7,18H2. The lowest BCUT2D eigenvalue weighted by molar-refractivity contribution is -0.137. The number of fused-ring (bicyclic) bond motifs is 1. The van der Waals surface area contributed by atoms with Crippen LogP contribution in [-0.4, -0.2) is 25.3 Å². The van der Waals surface area contributed by atoms with E-state index in [0.29, 0.717) is 18.8 Å². The van der Waals surface area contributed by atoms with Gasteiger partial charge in [-0.05, 0) is 37.5 Å². The van der Waals surface area contributed by atoms with Gasteiger partial charge < -0.3 is 15.4 Å². The van der Waals surface area contributed by atoms with Crippen LogP contribution in [0.25, 0.3) is 0 Å². The van der Waals surface area contributed by atoms with Gasteiger partial charge in [0.05, 0.1) is 35.7 Å². The molecule has 0 radical (unpaired) electrons. The molecule has 1 aromatic carbocycles. The van der Waals surface area contributed by atoms with Gasteiger partial charge in [-0.1, -0.05) is 0 Å². The van der Waals surface area contributed by atoms with Crippen molar-refractivity contribution in [1.29, 1.82) is 0 Å². The van der Waals surface area contributed by atoms with Gasteiger partial charge in [-0.25, -0.2) is 0 Å². The third-order valence-electron chi connectivity index (χ3n) is 4.15. The minimum Gasteiger partial charge on any atom is -0.397 e. The van der Waals surface area contributed by atoms with Crippen molar-refractivity contribution < 1.29 is 17.9 Å². The number of nitrogens with two attached hydrogens (primary N) is 1. The number of hydrogen-bond acceptors (Lipinski definition) is 3. The van der Waals surface area contributed by atoms with E-state index in [4.69, 9.17) is 10.5 Å². The van der Waals surface area contributed by atoms with Crippen LogP contribution in [0.5, 0.6) is 0 Å². The first kappa shape index (κ1) is 13.5. The highest BCUT2D eigenvalue weighted by molar-refractivity contribution is 5.69. The Bertz CT molecular complexity index is 504. The van der Waals surface area contributed by atoms with Crippen molar-refractivity contribution in [3.63, 3.8) is 0 Å². The highest BCUT2D eigenvalue weighted by Crippen LogP contribution is 2.38. The third kappa shape index (κ3) is 2.32. The van der Waals surface area contributed by atoms with Crippen LogP contribution >= 0.6 is 0 Å². The molecule has 2 N–H and O–H groups in total. The van der Waals surface area contributed by atoms with Gasteiger partial charge in [-0.15, -0.1) is 0 Å². The Morgan fingerprint density at radius 1 is 1.25 bits per heavy atom. The van der Waals surface area contributed by atoms with Crippen LogP contribution in [0.15, 0.2) is 18.2 Å². The number of nitrogens with zero attached hydrogens (tertiary/aromatic N) is 1. The molecule has 2 aliphatic rings. The Morgan fingerprint density at radius 2 is 2.05 bits per heavy atom. The quantitative estimate of drug-likeness (QED) is 0.806. The average Bonchev–Trinajstić information content (AvgIpc) is 2.85. The maximum atomic E-state index is 12.7. The molecular formula is C14H17F3N2O. The summed E-state index contributed by atoms with van der Waals surface area (Å²) in [6, 6.07) is 3.85. The summed E-state index contributed by atoms with van der Waals surface area (Å²) in [7, 11) is 0. The SMILES string of the molecule is Nc1cc(C(F)(F)F)ccc1N1CCOC2CCCC21. The van der Waals surface area contributed by atoms with Crippen molar-refractivity contribution in [1.82, 2.24) is 0 Å². The molecule has 6 heteroatoms. The fraction of sp³-hybridized carbons (Fsp3) is 0.571. The van der Waals surface area contributed by atoms with E-state index in [1.54, 1.807) is 0 Å². The number of rotatable bonds is 1. The summed E-state index contributed by atoms with van der Waals surface area (Å²) in [6.07, 6.45) is -1.06. The first-order valence-electron chi connectivity index (χ1n) is 6.82. The normalized spacial score (nSPS) is 26.6. The van der Waals surface area contributed by atoms with Crippen LogP contribution in [-0.2, 0) is 10.9 Å². The molecule has 1 heterocycles. The molecule has 20 heavy (non-hydrogen) atoms. The summed E-state index contributed by atoms with van der Waals surface area (Å²) in [4.78, 5) is 2.11. The highest BCUT2D eigenvalue weighted by Gasteiger charge is 2.37. The predicted molar refractivity (Wildman–Crippen MR) is 70.6 cm³/mol. The second-order valence-corrected chi connectivity index (χ2v) is 5.37. The molecule has 3 rings (SSSR count). The van der Waals surface area contributed by atoms with Crippen LogP contribution in [0, 0.1) is 0 Å². The van der Waals surface area contributed by atoms with Crippen molar-refractivity contribution in [3.8, 4) is 0 Å². The minimum atomic E-state index is -4.35. The molecule has 1 aliphatic carbocycles. The Labute approximate surface area is 115 Å². The van der Waals surface area contributed by atoms with E-state index in [1.165, 1.54) is 6.07 Å². The van der Waals surface area contributed by atoms with Gasteiger partial charge in [0.25, 0.3) is 0 Å². The number of hydrogen-bond donors (Lipinski definition) is 1. The van der Waals surface area contributed by atoms with Crippen molar-refractivity contribution in [2.24, 2.45) is 0 Å². The molecule has 2 atom stereocenters. The van der Waals surface area contributed by atoms with E-state index >= 15 is 0 Å². The molecule has 0 spiro atoms. The number of nitrogen functional groups attached to an aromatic ring is 1. The zero-order chi connectivity index (χ0) is 14.3. The molecule has 1 aromatic rings. The summed E-state index contributed by atoms with van der Waals surface area (Å²) in [5.74, 6) is 0. The summed E-state index contributed by atoms with van der Waals surface area (Å²) in [5, 5.41) is 0. The average molecular weight is 286 g/mol. The second kappa shape index (κ2) is 4.84. The van der Waals surface area contributed by atoms with Crippen molar-refractivity contribution in [2.75, 3.05) is 23.8 Å². The smallest absolute Gasteiger partial charge is 0.397 e. The van der Waals surface area contributed by atoms with Crippen LogP contribution in [0.2, 0.25) is 0 Å². The summed E-state index contributed by atoms with van der Waals surface area (Å²) in [5.41, 5.74) is 6.03. The van der Waals surface area contributed by atoms with Crippen LogP contribution < -0.4 is 10.6 Å². The van der Waals surface area contributed by atoms with E-state index in [9.17, 15) is 13.2 Å². The molecular weight excluding hydrogens is 269 g/mol. The molecule has 3 nitrogen and oxygen atoms in total. The largest absolute Gasteiger partial charge is 0.416 e. The number of ether oxygens (including phenoxy) is 1. The van der Waals surface area contributed by atoms with Gasteiger partial charge >= 0.3 is 6.18 Å². The monoisotopic (exact) mass is 286 g/mol. The van der Waals surface area contributed by atoms with Crippen molar-refractivity contribution in [3.05, 3.63) is 23.8 Å². The van der Waals surface area contributed by atoms with Gasteiger partial charge in [-0.3, -0.25) is 0 Å². The van der Waals surface area contributed by atoms with E-state index in [0.717, 1.165) is 31.4 Å². The molecule has 1 saturated carbocycles. The predicted octanol–water partition coefficient (Wildman–Crippen LogP) is 3.05. The van der Waals surface area contributed by atoms with E-state index in [2.05, 4.69) is 4.90 Å². The Kier molecular flexibility index (Phi) is 3.28. The van der Waals surface area contributed by atoms with Gasteiger partial charge in [0, 0.05) is 6.54 Å². The van der Waals surface area contributed by atoms with Gasteiger partial charge in [0.2, 0.25) is 0 Å². The second-order valence-electron chi connectivity index (χ2n) is 5.37. The first-order chi connectivity index (χ1) is 9.47. The molecule has 110 valence electrons. The first-order valence-corrected chi connectivity index (χ1v) is 6.82. The topological polar surface area (TPSA) is 38.5 Å². The summed E-state index contributed by atoms with van der Waals surface area (Å²) >= 11 is 0. The zero-order valence-corrected chi connectivity index (χ0v) is 11.0. The van der Waals surface area contributed by atoms with Crippen molar-refractivity contribution in [2.45, 2.75) is 37.6 Å². The third-order valence-corrected chi connectivity index (χ3v) is 4.15. The Morgan fingerprint density at radius 3 is 2.75 bits per heavy atom. The van der Waals surface area contributed by atoms with Gasteiger partial charge in [0.1, 0.15) is 0 Å². The molecule has 1 aliphatic heterocycles. The fourth-order valence-electron chi connectivity index (χ4n) is 3.22. The Balaban J connectivity index is 1.90. The van der Waals surface area contributed by atoms with E-state index in [-0.39, 0.29) is 17.8 Å².